The molecule has 0 saturated heterocycles. The van der Waals surface area contributed by atoms with Gasteiger partial charge in [-0.2, -0.15) is 0 Å². The molecule has 0 radical (unpaired) electrons. The second-order valence-corrected chi connectivity index (χ2v) is 2.44. The summed E-state index contributed by atoms with van der Waals surface area (Å²) in [7, 11) is 0. The second kappa shape index (κ2) is 4.25. The average molecular weight is 182 g/mol. The SMILES string of the molecule is C=C(CC(=O)O)C(=C)C(=C)C(=O)O. The van der Waals surface area contributed by atoms with Crippen LogP contribution < -0.4 is 0 Å². The van der Waals surface area contributed by atoms with Crippen molar-refractivity contribution in [1.29, 1.82) is 0 Å². The Kier molecular flexibility index (Phi) is 3.65. The fourth-order valence-corrected chi connectivity index (χ4v) is 0.632. The summed E-state index contributed by atoms with van der Waals surface area (Å²) in [5.41, 5.74) is -0.0129. The van der Waals surface area contributed by atoms with Crippen molar-refractivity contribution in [3.63, 3.8) is 0 Å². The lowest BCUT2D eigenvalue weighted by atomic mass is 10.00. The lowest BCUT2D eigenvalue weighted by Crippen LogP contribution is -2.05. The highest BCUT2D eigenvalue weighted by Crippen LogP contribution is 2.17. The van der Waals surface area contributed by atoms with Gasteiger partial charge in [0.1, 0.15) is 0 Å². The van der Waals surface area contributed by atoms with Crippen LogP contribution in [0.15, 0.2) is 36.5 Å². The summed E-state index contributed by atoms with van der Waals surface area (Å²) in [6, 6.07) is 0. The van der Waals surface area contributed by atoms with Gasteiger partial charge in [0.15, 0.2) is 0 Å². The summed E-state index contributed by atoms with van der Waals surface area (Å²) < 4.78 is 0. The van der Waals surface area contributed by atoms with Gasteiger partial charge in [-0.3, -0.25) is 4.79 Å². The first-order valence-electron chi connectivity index (χ1n) is 3.37. The summed E-state index contributed by atoms with van der Waals surface area (Å²) in [6.45, 7) is 10.0. The van der Waals surface area contributed by atoms with Gasteiger partial charge >= 0.3 is 11.9 Å². The van der Waals surface area contributed by atoms with E-state index in [1.54, 1.807) is 0 Å². The summed E-state index contributed by atoms with van der Waals surface area (Å²) >= 11 is 0. The lowest BCUT2D eigenvalue weighted by Gasteiger charge is -2.05. The minimum atomic E-state index is -1.23. The lowest BCUT2D eigenvalue weighted by molar-refractivity contribution is -0.136. The molecule has 4 heteroatoms. The fraction of sp³-hybridized carbons (Fsp3) is 0.111. The number of carbonyl (C=O) groups is 2. The van der Waals surface area contributed by atoms with E-state index < -0.39 is 11.9 Å². The molecule has 0 bridgehead atoms. The Morgan fingerprint density at radius 1 is 1.00 bits per heavy atom. The zero-order valence-corrected chi connectivity index (χ0v) is 7.04. The Bertz CT molecular complexity index is 299. The molecule has 0 aromatic rings. The molecule has 0 aromatic heterocycles. The molecule has 70 valence electrons. The van der Waals surface area contributed by atoms with Crippen molar-refractivity contribution in [2.75, 3.05) is 0 Å². The van der Waals surface area contributed by atoms with Crippen molar-refractivity contribution < 1.29 is 19.8 Å². The first kappa shape index (κ1) is 11.2. The molecule has 0 fully saturated rings. The van der Waals surface area contributed by atoms with Crippen molar-refractivity contribution in [3.05, 3.63) is 36.5 Å². The van der Waals surface area contributed by atoms with Crippen LogP contribution in [0.5, 0.6) is 0 Å². The van der Waals surface area contributed by atoms with E-state index in [1.165, 1.54) is 0 Å². The first-order chi connectivity index (χ1) is 5.86. The van der Waals surface area contributed by atoms with Gasteiger partial charge in [-0.25, -0.2) is 4.79 Å². The van der Waals surface area contributed by atoms with Crippen molar-refractivity contribution in [2.45, 2.75) is 6.42 Å². The molecule has 4 nitrogen and oxygen atoms in total. The van der Waals surface area contributed by atoms with E-state index in [-0.39, 0.29) is 23.1 Å². The maximum absolute atomic E-state index is 10.4. The van der Waals surface area contributed by atoms with Crippen LogP contribution in [0.3, 0.4) is 0 Å². The molecule has 0 unspecified atom stereocenters. The van der Waals surface area contributed by atoms with Gasteiger partial charge in [0.25, 0.3) is 0 Å². The van der Waals surface area contributed by atoms with Gasteiger partial charge in [-0.1, -0.05) is 19.7 Å². The number of aliphatic carboxylic acids is 2. The topological polar surface area (TPSA) is 74.6 Å². The molecule has 0 aliphatic carbocycles. The molecular weight excluding hydrogens is 172 g/mol. The Balaban J connectivity index is 4.44. The smallest absolute Gasteiger partial charge is 0.335 e. The zero-order valence-electron chi connectivity index (χ0n) is 7.04. The average Bonchev–Trinajstić information content (AvgIpc) is 2.00. The number of hydrogen-bond acceptors (Lipinski definition) is 2. The number of hydrogen-bond donors (Lipinski definition) is 2. The predicted molar refractivity (Wildman–Crippen MR) is 47.3 cm³/mol. The van der Waals surface area contributed by atoms with Crippen molar-refractivity contribution >= 4 is 11.9 Å². The van der Waals surface area contributed by atoms with E-state index in [0.29, 0.717) is 0 Å². The van der Waals surface area contributed by atoms with Crippen molar-refractivity contribution in [2.24, 2.45) is 0 Å². The van der Waals surface area contributed by atoms with E-state index in [4.69, 9.17) is 10.2 Å². The molecule has 0 atom stereocenters. The predicted octanol–water partition coefficient (Wildman–Crippen LogP) is 1.21. The third kappa shape index (κ3) is 3.37. The third-order valence-corrected chi connectivity index (χ3v) is 1.41. The maximum atomic E-state index is 10.4. The van der Waals surface area contributed by atoms with E-state index in [1.807, 2.05) is 0 Å². The highest BCUT2D eigenvalue weighted by atomic mass is 16.4. The van der Waals surface area contributed by atoms with Crippen LogP contribution >= 0.6 is 0 Å². The molecule has 0 aliphatic rings. The largest absolute Gasteiger partial charge is 0.481 e. The molecule has 0 aliphatic heterocycles. The van der Waals surface area contributed by atoms with Crippen LogP contribution in [-0.4, -0.2) is 22.2 Å². The van der Waals surface area contributed by atoms with Crippen LogP contribution in [0, 0.1) is 0 Å². The van der Waals surface area contributed by atoms with Crippen molar-refractivity contribution in [1.82, 2.24) is 0 Å². The number of rotatable bonds is 5. The van der Waals surface area contributed by atoms with Gasteiger partial charge in [-0.15, -0.1) is 0 Å². The number of carboxylic acids is 2. The van der Waals surface area contributed by atoms with Crippen LogP contribution in [-0.2, 0) is 9.59 Å². The maximum Gasteiger partial charge on any atom is 0.335 e. The molecule has 0 saturated carbocycles. The fourth-order valence-electron chi connectivity index (χ4n) is 0.632. The Morgan fingerprint density at radius 2 is 1.46 bits per heavy atom. The van der Waals surface area contributed by atoms with Crippen LogP contribution in [0.4, 0.5) is 0 Å². The molecule has 0 rings (SSSR count). The summed E-state index contributed by atoms with van der Waals surface area (Å²) in [5, 5.41) is 16.9. The van der Waals surface area contributed by atoms with E-state index in [0.717, 1.165) is 0 Å². The molecule has 2 N–H and O–H groups in total. The normalized spacial score (nSPS) is 8.92. The molecular formula is C9H10O4. The van der Waals surface area contributed by atoms with Crippen molar-refractivity contribution in [3.8, 4) is 0 Å². The minimum Gasteiger partial charge on any atom is -0.481 e. The Labute approximate surface area is 75.5 Å². The van der Waals surface area contributed by atoms with E-state index in [2.05, 4.69) is 19.7 Å². The van der Waals surface area contributed by atoms with Gasteiger partial charge in [-0.05, 0) is 11.1 Å². The van der Waals surface area contributed by atoms with Gasteiger partial charge in [0.05, 0.1) is 12.0 Å². The highest BCUT2D eigenvalue weighted by Gasteiger charge is 2.13. The first-order valence-corrected chi connectivity index (χ1v) is 3.37. The quantitative estimate of drug-likeness (QED) is 0.495. The van der Waals surface area contributed by atoms with Gasteiger partial charge in [0, 0.05) is 0 Å². The molecule has 0 amide bonds. The highest BCUT2D eigenvalue weighted by molar-refractivity contribution is 5.93. The minimum absolute atomic E-state index is 0.0647. The van der Waals surface area contributed by atoms with E-state index in [9.17, 15) is 9.59 Å². The molecule has 13 heavy (non-hydrogen) atoms. The Hall–Kier alpha value is -1.84. The molecule has 0 aromatic carbocycles. The third-order valence-electron chi connectivity index (χ3n) is 1.41. The summed E-state index contributed by atoms with van der Waals surface area (Å²) in [5.74, 6) is -2.30. The van der Waals surface area contributed by atoms with Crippen LogP contribution in [0.1, 0.15) is 6.42 Å². The summed E-state index contributed by atoms with van der Waals surface area (Å²) in [4.78, 5) is 20.6. The standard InChI is InChI=1S/C9H10O4/c1-5(4-8(10)11)6(2)7(3)9(12)13/h1-4H2,(H,10,11)(H,12,13). The summed E-state index contributed by atoms with van der Waals surface area (Å²) in [6.07, 6.45) is -0.328. The monoisotopic (exact) mass is 182 g/mol. The molecule has 0 spiro atoms. The van der Waals surface area contributed by atoms with Crippen LogP contribution in [0.25, 0.3) is 0 Å². The zero-order chi connectivity index (χ0) is 10.6. The van der Waals surface area contributed by atoms with E-state index >= 15 is 0 Å². The second-order valence-electron chi connectivity index (χ2n) is 2.44. The van der Waals surface area contributed by atoms with Crippen LogP contribution in [0.2, 0.25) is 0 Å². The van der Waals surface area contributed by atoms with Gasteiger partial charge in [0.2, 0.25) is 0 Å². The Morgan fingerprint density at radius 3 is 1.77 bits per heavy atom. The van der Waals surface area contributed by atoms with Gasteiger partial charge < -0.3 is 10.2 Å². The molecule has 0 heterocycles. The number of carboxylic acid groups (broad SMARTS) is 2.